The van der Waals surface area contributed by atoms with Crippen LogP contribution in [0.3, 0.4) is 0 Å². The summed E-state index contributed by atoms with van der Waals surface area (Å²) in [7, 11) is 0. The molecule has 0 spiro atoms. The van der Waals surface area contributed by atoms with Crippen LogP contribution in [0.25, 0.3) is 22.2 Å². The molecule has 216 valence electrons. The van der Waals surface area contributed by atoms with Gasteiger partial charge in [0.1, 0.15) is 5.60 Å². The summed E-state index contributed by atoms with van der Waals surface area (Å²) >= 11 is 3.99. The number of ether oxygens (including phenoxy) is 1. The predicted octanol–water partition coefficient (Wildman–Crippen LogP) is 9.23. The van der Waals surface area contributed by atoms with E-state index in [1.54, 1.807) is 0 Å². The van der Waals surface area contributed by atoms with Gasteiger partial charge in [-0.1, -0.05) is 89.5 Å². The van der Waals surface area contributed by atoms with Crippen molar-refractivity contribution in [3.63, 3.8) is 0 Å². The van der Waals surface area contributed by atoms with Gasteiger partial charge in [0.25, 0.3) is 5.91 Å². The lowest BCUT2D eigenvalue weighted by Crippen LogP contribution is -2.31. The molecule has 3 aromatic rings. The number of amides is 1. The smallest absolute Gasteiger partial charge is 0.260 e. The molecule has 3 aliphatic rings. The lowest BCUT2D eigenvalue weighted by molar-refractivity contribution is 0.0489. The normalized spacial score (nSPS) is 16.3. The second-order valence-corrected chi connectivity index (χ2v) is 12.0. The minimum absolute atomic E-state index is 0.187. The van der Waals surface area contributed by atoms with Gasteiger partial charge in [0.2, 0.25) is 0 Å². The lowest BCUT2D eigenvalue weighted by Gasteiger charge is -2.31. The largest absolute Gasteiger partial charge is 0.474 e. The average molecular weight is 562 g/mol. The first-order valence-electron chi connectivity index (χ1n) is 15.1. The molecule has 2 aliphatic carbocycles. The number of nitrogens with one attached hydrogen (secondary N) is 1. The van der Waals surface area contributed by atoms with Crippen LogP contribution in [-0.2, 0) is 11.3 Å². The highest BCUT2D eigenvalue weighted by Crippen LogP contribution is 2.48. The first-order valence-corrected chi connectivity index (χ1v) is 15.6. The molecule has 1 aromatic heterocycles. The molecule has 1 amide bonds. The summed E-state index contributed by atoms with van der Waals surface area (Å²) in [5.41, 5.74) is 6.41. The number of para-hydroxylation sites is 1. The molecule has 6 rings (SSSR count). The zero-order valence-corrected chi connectivity index (χ0v) is 25.9. The Morgan fingerprint density at radius 3 is 2.25 bits per heavy atom. The van der Waals surface area contributed by atoms with Crippen LogP contribution in [-0.4, -0.2) is 22.6 Å². The first kappa shape index (κ1) is 30.1. The summed E-state index contributed by atoms with van der Waals surface area (Å²) in [4.78, 5) is 14.6. The van der Waals surface area contributed by atoms with Crippen LogP contribution in [0.1, 0.15) is 108 Å². The summed E-state index contributed by atoms with van der Waals surface area (Å²) in [6.07, 6.45) is 10.8. The molecule has 0 unspecified atom stereocenters. The molecular formula is C34H47N3O2S. The average Bonchev–Trinajstić information content (AvgIpc) is 3.82. The number of fused-ring (bicyclic) bond motifs is 5. The van der Waals surface area contributed by atoms with Crippen LogP contribution in [0.4, 0.5) is 5.69 Å². The molecule has 2 heterocycles. The quantitative estimate of drug-likeness (QED) is 0.246. The third-order valence-electron chi connectivity index (χ3n) is 7.56. The van der Waals surface area contributed by atoms with Crippen LogP contribution in [0.5, 0.6) is 0 Å². The van der Waals surface area contributed by atoms with E-state index in [1.807, 2.05) is 46.8 Å². The topological polar surface area (TPSA) is 46.5 Å². The van der Waals surface area contributed by atoms with E-state index >= 15 is 0 Å². The standard InChI is InChI=1S/C29H35N3O2S.C3H6.C2H6/c1-19(34-29(2,3)4)31-16-17-32-25-18-21(28(33)30-35)14-15-22(25)26(20-10-6-5-7-11-20)27(32)23-12-8-9-13-24(23)31;1-2-3-1;1-2/h8-9,12-15,18,20,35H,1,5-7,10-11,16-17H2,2-4H3,(H,30,33);1-3H2;1-2H3. The maximum absolute atomic E-state index is 12.4. The Bertz CT molecular complexity index is 1330. The number of hydrogen-bond acceptors (Lipinski definition) is 4. The SMILES string of the molecule is C1CC1.C=C(OC(C)(C)C)N1CCn2c(c(C3CCCCC3)c3ccc(C(=O)NS)cc32)-c2ccccc21.CC. The Kier molecular flexibility index (Phi) is 9.94. The highest BCUT2D eigenvalue weighted by Gasteiger charge is 2.32. The van der Waals surface area contributed by atoms with Crippen LogP contribution >= 0.6 is 12.8 Å². The second-order valence-electron chi connectivity index (χ2n) is 11.8. The number of rotatable bonds is 4. The van der Waals surface area contributed by atoms with Crippen molar-refractivity contribution in [2.45, 2.75) is 104 Å². The zero-order valence-electron chi connectivity index (χ0n) is 25.1. The fourth-order valence-electron chi connectivity index (χ4n) is 5.81. The fourth-order valence-corrected chi connectivity index (χ4v) is 5.94. The molecule has 0 radical (unpaired) electrons. The predicted molar refractivity (Wildman–Crippen MR) is 172 cm³/mol. The minimum atomic E-state index is -0.331. The van der Waals surface area contributed by atoms with Crippen molar-refractivity contribution >= 4 is 35.3 Å². The molecule has 1 aliphatic heterocycles. The molecule has 5 nitrogen and oxygen atoms in total. The molecule has 0 bridgehead atoms. The molecule has 2 saturated carbocycles. The van der Waals surface area contributed by atoms with E-state index in [-0.39, 0.29) is 11.5 Å². The molecule has 2 aromatic carbocycles. The van der Waals surface area contributed by atoms with Crippen LogP contribution in [0, 0.1) is 0 Å². The van der Waals surface area contributed by atoms with E-state index in [4.69, 9.17) is 4.74 Å². The van der Waals surface area contributed by atoms with Crippen molar-refractivity contribution in [3.8, 4) is 11.3 Å². The molecule has 2 fully saturated rings. The third-order valence-corrected chi connectivity index (χ3v) is 7.76. The van der Waals surface area contributed by atoms with Gasteiger partial charge in [0.05, 0.1) is 11.4 Å². The number of carbonyl (C=O) groups excluding carboxylic acids is 1. The van der Waals surface area contributed by atoms with E-state index < -0.39 is 0 Å². The van der Waals surface area contributed by atoms with Crippen LogP contribution in [0.15, 0.2) is 54.9 Å². The van der Waals surface area contributed by atoms with E-state index in [0.717, 1.165) is 24.3 Å². The Balaban J connectivity index is 0.000000680. The molecule has 0 atom stereocenters. The Hall–Kier alpha value is -2.86. The van der Waals surface area contributed by atoms with E-state index in [2.05, 4.69) is 63.9 Å². The Labute approximate surface area is 246 Å². The van der Waals surface area contributed by atoms with Gasteiger partial charge < -0.3 is 14.2 Å². The summed E-state index contributed by atoms with van der Waals surface area (Å²) in [6.45, 7) is 16.0. The summed E-state index contributed by atoms with van der Waals surface area (Å²) in [5, 5.41) is 1.26. The number of anilines is 1. The molecule has 1 N–H and O–H groups in total. The second kappa shape index (κ2) is 13.2. The van der Waals surface area contributed by atoms with Gasteiger partial charge in [-0.3, -0.25) is 9.52 Å². The van der Waals surface area contributed by atoms with Crippen molar-refractivity contribution < 1.29 is 9.53 Å². The highest BCUT2D eigenvalue weighted by molar-refractivity contribution is 7.78. The van der Waals surface area contributed by atoms with Crippen molar-refractivity contribution in [1.82, 2.24) is 9.29 Å². The minimum Gasteiger partial charge on any atom is -0.474 e. The van der Waals surface area contributed by atoms with E-state index in [9.17, 15) is 4.79 Å². The van der Waals surface area contributed by atoms with Gasteiger partial charge in [0.15, 0.2) is 5.88 Å². The monoisotopic (exact) mass is 561 g/mol. The molecule has 6 heteroatoms. The molecular weight excluding hydrogens is 514 g/mol. The Morgan fingerprint density at radius 1 is 0.975 bits per heavy atom. The molecule has 40 heavy (non-hydrogen) atoms. The number of carbonyl (C=O) groups is 1. The van der Waals surface area contributed by atoms with Crippen molar-refractivity contribution in [2.75, 3.05) is 11.4 Å². The maximum atomic E-state index is 12.4. The number of thiol groups is 1. The van der Waals surface area contributed by atoms with Crippen molar-refractivity contribution in [3.05, 3.63) is 66.1 Å². The number of hydrogen-bond donors (Lipinski definition) is 2. The van der Waals surface area contributed by atoms with Gasteiger partial charge in [-0.05, 0) is 69.9 Å². The summed E-state index contributed by atoms with van der Waals surface area (Å²) < 4.78 is 11.1. The maximum Gasteiger partial charge on any atom is 0.260 e. The zero-order chi connectivity index (χ0) is 28.9. The van der Waals surface area contributed by atoms with Gasteiger partial charge in [0, 0.05) is 35.1 Å². The van der Waals surface area contributed by atoms with Crippen LogP contribution < -0.4 is 9.62 Å². The van der Waals surface area contributed by atoms with Gasteiger partial charge >= 0.3 is 0 Å². The van der Waals surface area contributed by atoms with Crippen molar-refractivity contribution in [1.29, 1.82) is 0 Å². The lowest BCUT2D eigenvalue weighted by atomic mass is 9.81. The van der Waals surface area contributed by atoms with Gasteiger partial charge in [-0.15, -0.1) is 0 Å². The highest BCUT2D eigenvalue weighted by atomic mass is 32.1. The van der Waals surface area contributed by atoms with Crippen molar-refractivity contribution in [2.24, 2.45) is 0 Å². The Morgan fingerprint density at radius 2 is 1.62 bits per heavy atom. The van der Waals surface area contributed by atoms with E-state index in [0.29, 0.717) is 17.4 Å². The summed E-state index contributed by atoms with van der Waals surface area (Å²) in [5.74, 6) is 0.989. The fraction of sp³-hybridized carbons (Fsp3) is 0.500. The van der Waals surface area contributed by atoms with Gasteiger partial charge in [-0.25, -0.2) is 0 Å². The number of aromatic nitrogens is 1. The number of benzene rings is 2. The van der Waals surface area contributed by atoms with E-state index in [1.165, 1.54) is 73.6 Å². The molecule has 0 saturated heterocycles. The van der Waals surface area contributed by atoms with Gasteiger partial charge in [-0.2, -0.15) is 0 Å². The number of nitrogens with zero attached hydrogens (tertiary/aromatic N) is 2. The third kappa shape index (κ3) is 6.71. The summed E-state index contributed by atoms with van der Waals surface area (Å²) in [6, 6.07) is 14.7. The first-order chi connectivity index (χ1) is 19.3. The van der Waals surface area contributed by atoms with Crippen LogP contribution in [0.2, 0.25) is 0 Å².